The molecule has 2 nitrogen and oxygen atoms in total. The van der Waals surface area contributed by atoms with Gasteiger partial charge in [-0.05, 0) is 49.1 Å². The number of allylic oxidation sites excluding steroid dienone is 2. The van der Waals surface area contributed by atoms with E-state index in [9.17, 15) is 5.11 Å². The van der Waals surface area contributed by atoms with Crippen molar-refractivity contribution in [1.29, 1.82) is 0 Å². The van der Waals surface area contributed by atoms with E-state index in [1.54, 1.807) is 0 Å². The Kier molecular flexibility index (Phi) is 3.46. The van der Waals surface area contributed by atoms with Gasteiger partial charge in [-0.25, -0.2) is 0 Å². The van der Waals surface area contributed by atoms with Gasteiger partial charge >= 0.3 is 0 Å². The van der Waals surface area contributed by atoms with Crippen LogP contribution in [-0.4, -0.2) is 17.8 Å². The summed E-state index contributed by atoms with van der Waals surface area (Å²) in [6.07, 6.45) is 9.32. The molecule has 3 unspecified atom stereocenters. The van der Waals surface area contributed by atoms with Gasteiger partial charge in [-0.1, -0.05) is 36.4 Å². The monoisotopic (exact) mass is 257 g/mol. The average molecular weight is 257 g/mol. The Morgan fingerprint density at radius 1 is 1.32 bits per heavy atom. The van der Waals surface area contributed by atoms with Gasteiger partial charge in [-0.15, -0.1) is 0 Å². The molecule has 1 aromatic carbocycles. The van der Waals surface area contributed by atoms with E-state index < -0.39 is 0 Å². The second-order valence-electron chi connectivity index (χ2n) is 6.01. The van der Waals surface area contributed by atoms with Gasteiger partial charge < -0.3 is 10.8 Å². The Bertz CT molecular complexity index is 482. The van der Waals surface area contributed by atoms with Crippen LogP contribution in [0.4, 0.5) is 0 Å². The number of nitrogens with two attached hydrogens (primary N) is 1. The molecule has 3 rings (SSSR count). The second-order valence-corrected chi connectivity index (χ2v) is 6.01. The molecule has 0 spiro atoms. The SMILES string of the molecule is NCC1(C(O)C2CC=CCC2)CCc2ccccc21. The van der Waals surface area contributed by atoms with E-state index in [-0.39, 0.29) is 11.5 Å². The summed E-state index contributed by atoms with van der Waals surface area (Å²) in [5, 5.41) is 11.0. The summed E-state index contributed by atoms with van der Waals surface area (Å²) in [6.45, 7) is 0.547. The Morgan fingerprint density at radius 3 is 2.89 bits per heavy atom. The van der Waals surface area contributed by atoms with Gasteiger partial charge in [-0.3, -0.25) is 0 Å². The first kappa shape index (κ1) is 12.9. The van der Waals surface area contributed by atoms with Crippen LogP contribution in [0.3, 0.4) is 0 Å². The van der Waals surface area contributed by atoms with E-state index in [2.05, 4.69) is 36.4 Å². The maximum Gasteiger partial charge on any atom is 0.0680 e. The zero-order valence-corrected chi connectivity index (χ0v) is 11.4. The number of aliphatic hydroxyl groups is 1. The third-order valence-electron chi connectivity index (χ3n) is 5.08. The summed E-state index contributed by atoms with van der Waals surface area (Å²) in [7, 11) is 0. The van der Waals surface area contributed by atoms with Gasteiger partial charge in [0.25, 0.3) is 0 Å². The maximum atomic E-state index is 11.0. The predicted molar refractivity (Wildman–Crippen MR) is 78.0 cm³/mol. The number of hydrogen-bond donors (Lipinski definition) is 2. The van der Waals surface area contributed by atoms with Crippen LogP contribution in [0.5, 0.6) is 0 Å². The molecular weight excluding hydrogens is 234 g/mol. The number of aryl methyl sites for hydroxylation is 1. The molecule has 0 saturated heterocycles. The zero-order chi connectivity index (χ0) is 13.3. The molecule has 0 fully saturated rings. The minimum Gasteiger partial charge on any atom is -0.392 e. The molecule has 3 atom stereocenters. The Balaban J connectivity index is 1.94. The van der Waals surface area contributed by atoms with E-state index in [0.29, 0.717) is 12.5 Å². The van der Waals surface area contributed by atoms with Crippen LogP contribution in [0.1, 0.15) is 36.8 Å². The topological polar surface area (TPSA) is 46.2 Å². The summed E-state index contributed by atoms with van der Waals surface area (Å²) in [4.78, 5) is 0. The molecule has 2 aliphatic rings. The third-order valence-corrected chi connectivity index (χ3v) is 5.08. The highest BCUT2D eigenvalue weighted by Crippen LogP contribution is 2.44. The molecule has 2 aliphatic carbocycles. The highest BCUT2D eigenvalue weighted by atomic mass is 16.3. The first-order valence-corrected chi connectivity index (χ1v) is 7.39. The van der Waals surface area contributed by atoms with Crippen LogP contribution < -0.4 is 5.73 Å². The fraction of sp³-hybridized carbons (Fsp3) is 0.529. The quantitative estimate of drug-likeness (QED) is 0.817. The molecule has 2 heteroatoms. The van der Waals surface area contributed by atoms with Crippen LogP contribution in [0.2, 0.25) is 0 Å². The highest BCUT2D eigenvalue weighted by Gasteiger charge is 2.46. The summed E-state index contributed by atoms with van der Waals surface area (Å²) in [6, 6.07) is 8.50. The Labute approximate surface area is 115 Å². The molecule has 0 aromatic heterocycles. The van der Waals surface area contributed by atoms with Crippen molar-refractivity contribution >= 4 is 0 Å². The van der Waals surface area contributed by atoms with Crippen molar-refractivity contribution in [3.8, 4) is 0 Å². The van der Waals surface area contributed by atoms with Crippen molar-refractivity contribution < 1.29 is 5.11 Å². The van der Waals surface area contributed by atoms with Gasteiger partial charge in [-0.2, -0.15) is 0 Å². The van der Waals surface area contributed by atoms with E-state index >= 15 is 0 Å². The first-order chi connectivity index (χ1) is 9.28. The van der Waals surface area contributed by atoms with Crippen molar-refractivity contribution in [2.45, 2.75) is 43.6 Å². The van der Waals surface area contributed by atoms with Crippen LogP contribution in [-0.2, 0) is 11.8 Å². The van der Waals surface area contributed by atoms with Crippen molar-refractivity contribution in [2.24, 2.45) is 11.7 Å². The lowest BCUT2D eigenvalue weighted by molar-refractivity contribution is 0.0270. The largest absolute Gasteiger partial charge is 0.392 e. The third kappa shape index (κ3) is 2.03. The zero-order valence-electron chi connectivity index (χ0n) is 11.4. The van der Waals surface area contributed by atoms with Crippen LogP contribution in [0.15, 0.2) is 36.4 Å². The van der Waals surface area contributed by atoms with Gasteiger partial charge in [0, 0.05) is 12.0 Å². The Morgan fingerprint density at radius 2 is 2.16 bits per heavy atom. The van der Waals surface area contributed by atoms with Crippen molar-refractivity contribution in [3.05, 3.63) is 47.5 Å². The van der Waals surface area contributed by atoms with Gasteiger partial charge in [0.2, 0.25) is 0 Å². The summed E-state index contributed by atoms with van der Waals surface area (Å²) >= 11 is 0. The summed E-state index contributed by atoms with van der Waals surface area (Å²) in [5.74, 6) is 0.361. The molecule has 102 valence electrons. The Hall–Kier alpha value is -1.12. The van der Waals surface area contributed by atoms with E-state index in [4.69, 9.17) is 5.73 Å². The highest BCUT2D eigenvalue weighted by molar-refractivity contribution is 5.41. The fourth-order valence-corrected chi connectivity index (χ4v) is 3.91. The molecular formula is C17H23NO. The lowest BCUT2D eigenvalue weighted by Gasteiger charge is -2.39. The number of hydrogen-bond acceptors (Lipinski definition) is 2. The molecule has 1 aromatic rings. The molecule has 0 radical (unpaired) electrons. The molecule has 0 saturated carbocycles. The molecule has 3 N–H and O–H groups in total. The average Bonchev–Trinajstić information content (AvgIpc) is 2.87. The standard InChI is InChI=1S/C17H23NO/c18-12-17(16(19)14-7-2-1-3-8-14)11-10-13-6-4-5-9-15(13)17/h1-2,4-6,9,14,16,19H,3,7-8,10-12,18H2. The maximum absolute atomic E-state index is 11.0. The number of rotatable bonds is 3. The number of aliphatic hydroxyl groups excluding tert-OH is 1. The van der Waals surface area contributed by atoms with Crippen molar-refractivity contribution in [1.82, 2.24) is 0 Å². The van der Waals surface area contributed by atoms with Gasteiger partial charge in [0.1, 0.15) is 0 Å². The molecule has 0 bridgehead atoms. The van der Waals surface area contributed by atoms with E-state index in [1.165, 1.54) is 11.1 Å². The second kappa shape index (κ2) is 5.10. The van der Waals surface area contributed by atoms with Crippen molar-refractivity contribution in [2.75, 3.05) is 6.54 Å². The van der Waals surface area contributed by atoms with Crippen LogP contribution >= 0.6 is 0 Å². The van der Waals surface area contributed by atoms with Gasteiger partial charge in [0.05, 0.1) is 6.10 Å². The molecule has 0 heterocycles. The summed E-state index contributed by atoms with van der Waals surface area (Å²) in [5.41, 5.74) is 8.56. The fourth-order valence-electron chi connectivity index (χ4n) is 3.91. The van der Waals surface area contributed by atoms with E-state index in [0.717, 1.165) is 32.1 Å². The first-order valence-electron chi connectivity index (χ1n) is 7.39. The molecule has 0 aliphatic heterocycles. The normalized spacial score (nSPS) is 31.2. The number of benzene rings is 1. The number of fused-ring (bicyclic) bond motifs is 1. The smallest absolute Gasteiger partial charge is 0.0680 e. The lowest BCUT2D eigenvalue weighted by atomic mass is 9.69. The predicted octanol–water partition coefficient (Wildman–Crippen LogP) is 2.55. The molecule has 0 amide bonds. The van der Waals surface area contributed by atoms with Crippen LogP contribution in [0.25, 0.3) is 0 Å². The van der Waals surface area contributed by atoms with E-state index in [1.807, 2.05) is 0 Å². The lowest BCUT2D eigenvalue weighted by Crippen LogP contribution is -2.48. The minimum atomic E-state index is -0.314. The van der Waals surface area contributed by atoms with Crippen molar-refractivity contribution in [3.63, 3.8) is 0 Å². The minimum absolute atomic E-state index is 0.216. The van der Waals surface area contributed by atoms with Crippen LogP contribution in [0, 0.1) is 5.92 Å². The van der Waals surface area contributed by atoms with Gasteiger partial charge in [0.15, 0.2) is 0 Å². The summed E-state index contributed by atoms with van der Waals surface area (Å²) < 4.78 is 0. The molecule has 19 heavy (non-hydrogen) atoms.